The van der Waals surface area contributed by atoms with Gasteiger partial charge >= 0.3 is 6.18 Å². The molecular weight excluding hydrogens is 405 g/mol. The number of unbranched alkanes of at least 4 members (excludes halogenated alkanes) is 1. The Balaban J connectivity index is 1.59. The van der Waals surface area contributed by atoms with E-state index < -0.39 is 12.6 Å². The average Bonchev–Trinajstić information content (AvgIpc) is 2.88. The van der Waals surface area contributed by atoms with Gasteiger partial charge in [-0.25, -0.2) is 0 Å². The third-order valence-electron chi connectivity index (χ3n) is 6.07. The number of nitrogens with zero attached hydrogens (tertiary/aromatic N) is 4. The fraction of sp³-hybridized carbons (Fsp3) is 0.478. The van der Waals surface area contributed by atoms with E-state index >= 15 is 0 Å². The molecule has 2 aliphatic heterocycles. The molecule has 0 aromatic heterocycles. The molecule has 164 valence electrons. The standard InChI is InChI=1S/C23H25F3N4O/c24-23(25,26)9-14-30-20-8-7-19(17-5-3-6-18(21(17)20)22(30)31)29-13-4-12-28(15-16-29)11-2-1-10-27/h3,5-8H,1-2,4,9,11-16H2. The molecule has 1 fully saturated rings. The molecule has 0 bridgehead atoms. The second-order valence-corrected chi connectivity index (χ2v) is 8.10. The Morgan fingerprint density at radius 3 is 2.58 bits per heavy atom. The third-order valence-corrected chi connectivity index (χ3v) is 6.07. The zero-order valence-corrected chi connectivity index (χ0v) is 17.3. The molecule has 0 spiro atoms. The van der Waals surface area contributed by atoms with Gasteiger partial charge in [-0.05, 0) is 44.1 Å². The van der Waals surface area contributed by atoms with Gasteiger partial charge in [0.2, 0.25) is 0 Å². The molecule has 0 atom stereocenters. The summed E-state index contributed by atoms with van der Waals surface area (Å²) in [6.07, 6.45) is -2.91. The van der Waals surface area contributed by atoms with Gasteiger partial charge in [-0.2, -0.15) is 18.4 Å². The van der Waals surface area contributed by atoms with Gasteiger partial charge in [0.1, 0.15) is 0 Å². The number of amides is 1. The summed E-state index contributed by atoms with van der Waals surface area (Å²) in [5.74, 6) is -0.360. The van der Waals surface area contributed by atoms with E-state index in [1.807, 2.05) is 18.2 Å². The van der Waals surface area contributed by atoms with Crippen LogP contribution in [0.5, 0.6) is 0 Å². The average molecular weight is 430 g/mol. The second kappa shape index (κ2) is 8.75. The number of halogens is 3. The smallest absolute Gasteiger partial charge is 0.370 e. The molecule has 2 aliphatic rings. The van der Waals surface area contributed by atoms with Crippen LogP contribution in [0.15, 0.2) is 30.3 Å². The van der Waals surface area contributed by atoms with Gasteiger partial charge in [0.25, 0.3) is 5.91 Å². The van der Waals surface area contributed by atoms with Gasteiger partial charge in [0.15, 0.2) is 0 Å². The van der Waals surface area contributed by atoms with Crippen molar-refractivity contribution in [1.29, 1.82) is 5.26 Å². The first-order valence-electron chi connectivity index (χ1n) is 10.7. The van der Waals surface area contributed by atoms with Crippen molar-refractivity contribution in [2.75, 3.05) is 49.1 Å². The van der Waals surface area contributed by atoms with E-state index in [1.54, 1.807) is 12.1 Å². The molecule has 2 aromatic carbocycles. The van der Waals surface area contributed by atoms with Crippen molar-refractivity contribution in [3.8, 4) is 6.07 Å². The van der Waals surface area contributed by atoms with E-state index in [0.29, 0.717) is 17.7 Å². The van der Waals surface area contributed by atoms with E-state index in [2.05, 4.69) is 15.9 Å². The summed E-state index contributed by atoms with van der Waals surface area (Å²) in [6.45, 7) is 4.12. The van der Waals surface area contributed by atoms with Gasteiger partial charge in [0.05, 0.1) is 18.2 Å². The molecule has 0 aliphatic carbocycles. The summed E-state index contributed by atoms with van der Waals surface area (Å²) in [7, 11) is 0. The summed E-state index contributed by atoms with van der Waals surface area (Å²) in [4.78, 5) is 18.8. The first-order chi connectivity index (χ1) is 14.9. The Morgan fingerprint density at radius 1 is 1.00 bits per heavy atom. The van der Waals surface area contributed by atoms with Crippen LogP contribution < -0.4 is 9.80 Å². The molecule has 2 aromatic rings. The van der Waals surface area contributed by atoms with Crippen LogP contribution >= 0.6 is 0 Å². The minimum atomic E-state index is -4.31. The Bertz CT molecular complexity index is 1010. The number of nitriles is 1. The van der Waals surface area contributed by atoms with E-state index in [0.717, 1.165) is 62.0 Å². The number of anilines is 2. The van der Waals surface area contributed by atoms with Gasteiger partial charge in [-0.3, -0.25) is 4.79 Å². The number of carbonyl (C=O) groups is 1. The topological polar surface area (TPSA) is 50.6 Å². The molecule has 1 amide bonds. The van der Waals surface area contributed by atoms with Crippen molar-refractivity contribution in [1.82, 2.24) is 4.90 Å². The Labute approximate surface area is 179 Å². The number of alkyl halides is 3. The SMILES string of the molecule is N#CCCCN1CCCN(c2ccc3c4c(cccc24)C(=O)N3CCC(F)(F)F)CC1. The zero-order valence-electron chi connectivity index (χ0n) is 17.3. The molecule has 2 heterocycles. The van der Waals surface area contributed by atoms with Crippen molar-refractivity contribution < 1.29 is 18.0 Å². The van der Waals surface area contributed by atoms with Crippen LogP contribution in [0.3, 0.4) is 0 Å². The lowest BCUT2D eigenvalue weighted by molar-refractivity contribution is -0.132. The van der Waals surface area contributed by atoms with Crippen LogP contribution in [-0.2, 0) is 0 Å². The van der Waals surface area contributed by atoms with Crippen LogP contribution in [0.25, 0.3) is 10.8 Å². The first kappa shape index (κ1) is 21.4. The lowest BCUT2D eigenvalue weighted by Gasteiger charge is -2.26. The molecule has 8 heteroatoms. The maximum Gasteiger partial charge on any atom is 0.390 e. The number of carbonyl (C=O) groups excluding carboxylic acids is 1. The van der Waals surface area contributed by atoms with Crippen LogP contribution in [-0.4, -0.2) is 56.3 Å². The molecular formula is C23H25F3N4O. The van der Waals surface area contributed by atoms with E-state index in [9.17, 15) is 18.0 Å². The molecule has 0 radical (unpaired) electrons. The summed E-state index contributed by atoms with van der Waals surface area (Å²) < 4.78 is 38.3. The summed E-state index contributed by atoms with van der Waals surface area (Å²) >= 11 is 0. The summed E-state index contributed by atoms with van der Waals surface area (Å²) in [5.41, 5.74) is 2.06. The minimum absolute atomic E-state index is 0.360. The maximum absolute atomic E-state index is 12.8. The quantitative estimate of drug-likeness (QED) is 0.630. The van der Waals surface area contributed by atoms with Crippen molar-refractivity contribution in [3.05, 3.63) is 35.9 Å². The van der Waals surface area contributed by atoms with Crippen molar-refractivity contribution in [2.24, 2.45) is 0 Å². The highest BCUT2D eigenvalue weighted by Gasteiger charge is 2.35. The lowest BCUT2D eigenvalue weighted by atomic mass is 10.0. The second-order valence-electron chi connectivity index (χ2n) is 8.10. The Hall–Kier alpha value is -2.79. The van der Waals surface area contributed by atoms with E-state index in [1.165, 1.54) is 4.90 Å². The van der Waals surface area contributed by atoms with Crippen molar-refractivity contribution in [3.63, 3.8) is 0 Å². The van der Waals surface area contributed by atoms with Crippen LogP contribution in [0.2, 0.25) is 0 Å². The highest BCUT2D eigenvalue weighted by Crippen LogP contribution is 2.42. The highest BCUT2D eigenvalue weighted by molar-refractivity contribution is 6.26. The van der Waals surface area contributed by atoms with E-state index in [-0.39, 0.29) is 12.5 Å². The van der Waals surface area contributed by atoms with Crippen molar-refractivity contribution in [2.45, 2.75) is 31.9 Å². The van der Waals surface area contributed by atoms with Crippen LogP contribution in [0.4, 0.5) is 24.5 Å². The predicted molar refractivity (Wildman–Crippen MR) is 114 cm³/mol. The fourth-order valence-corrected chi connectivity index (χ4v) is 4.58. The molecule has 31 heavy (non-hydrogen) atoms. The number of benzene rings is 2. The molecule has 0 unspecified atom stereocenters. The molecule has 0 saturated carbocycles. The number of rotatable bonds is 6. The normalized spacial score (nSPS) is 17.3. The maximum atomic E-state index is 12.8. The molecule has 0 N–H and O–H groups in total. The van der Waals surface area contributed by atoms with Crippen LogP contribution in [0, 0.1) is 11.3 Å². The minimum Gasteiger partial charge on any atom is -0.370 e. The highest BCUT2D eigenvalue weighted by atomic mass is 19.4. The number of hydrogen-bond acceptors (Lipinski definition) is 4. The van der Waals surface area contributed by atoms with Gasteiger partial charge in [-0.1, -0.05) is 12.1 Å². The van der Waals surface area contributed by atoms with E-state index in [4.69, 9.17) is 5.26 Å². The number of hydrogen-bond donors (Lipinski definition) is 0. The van der Waals surface area contributed by atoms with Gasteiger partial charge in [-0.15, -0.1) is 0 Å². The molecule has 1 saturated heterocycles. The molecule has 4 rings (SSSR count). The largest absolute Gasteiger partial charge is 0.390 e. The Morgan fingerprint density at radius 2 is 1.81 bits per heavy atom. The summed E-state index contributed by atoms with van der Waals surface area (Å²) in [5, 5.41) is 10.4. The first-order valence-corrected chi connectivity index (χ1v) is 10.7. The fourth-order valence-electron chi connectivity index (χ4n) is 4.58. The predicted octanol–water partition coefficient (Wildman–Crippen LogP) is 4.57. The Kier molecular flexibility index (Phi) is 6.05. The third kappa shape index (κ3) is 4.47. The summed E-state index contributed by atoms with van der Waals surface area (Å²) in [6, 6.07) is 11.4. The lowest BCUT2D eigenvalue weighted by Crippen LogP contribution is -2.31. The monoisotopic (exact) mass is 430 g/mol. The van der Waals surface area contributed by atoms with Crippen molar-refractivity contribution >= 4 is 28.1 Å². The van der Waals surface area contributed by atoms with Crippen LogP contribution in [0.1, 0.15) is 36.0 Å². The van der Waals surface area contributed by atoms with Gasteiger partial charge in [0, 0.05) is 54.6 Å². The molecule has 5 nitrogen and oxygen atoms in total. The zero-order chi connectivity index (χ0) is 22.0. The van der Waals surface area contributed by atoms with Gasteiger partial charge < -0.3 is 14.7 Å².